The fourth-order valence-electron chi connectivity index (χ4n) is 3.24. The van der Waals surface area contributed by atoms with Crippen molar-refractivity contribution >= 4 is 40.6 Å². The monoisotopic (exact) mass is 458 g/mol. The van der Waals surface area contributed by atoms with Crippen molar-refractivity contribution in [1.82, 2.24) is 4.90 Å². The summed E-state index contributed by atoms with van der Waals surface area (Å²) in [5, 5.41) is 9.72. The second kappa shape index (κ2) is 10.2. The molecule has 1 amide bonds. The van der Waals surface area contributed by atoms with Crippen LogP contribution in [0.3, 0.4) is 0 Å². The van der Waals surface area contributed by atoms with Gasteiger partial charge in [-0.2, -0.15) is 0 Å². The lowest BCUT2D eigenvalue weighted by atomic mass is 10.2. The van der Waals surface area contributed by atoms with Gasteiger partial charge in [0.05, 0.1) is 16.2 Å². The number of rotatable bonds is 7. The number of aliphatic imine (C=N–C) groups is 1. The van der Waals surface area contributed by atoms with E-state index in [2.05, 4.69) is 4.99 Å². The van der Waals surface area contributed by atoms with E-state index in [4.69, 9.17) is 4.74 Å². The third-order valence-electron chi connectivity index (χ3n) is 4.95. The van der Waals surface area contributed by atoms with E-state index in [0.29, 0.717) is 28.9 Å². The molecule has 0 atom stereocenters. The van der Waals surface area contributed by atoms with Crippen LogP contribution in [0.15, 0.2) is 88.8 Å². The molecule has 1 aliphatic rings. The number of nitrogens with zero attached hydrogens (tertiary/aromatic N) is 2. The average Bonchev–Trinajstić information content (AvgIpc) is 3.13. The van der Waals surface area contributed by atoms with Gasteiger partial charge in [-0.1, -0.05) is 48.5 Å². The third-order valence-corrected chi connectivity index (χ3v) is 5.95. The van der Waals surface area contributed by atoms with E-state index in [1.165, 1.54) is 23.9 Å². The number of carbonyl (C=O) groups excluding carboxylic acids is 1. The zero-order valence-corrected chi connectivity index (χ0v) is 18.8. The highest BCUT2D eigenvalue weighted by molar-refractivity contribution is 8.18. The van der Waals surface area contributed by atoms with Crippen molar-refractivity contribution in [2.45, 2.75) is 13.5 Å². The van der Waals surface area contributed by atoms with Gasteiger partial charge >= 0.3 is 5.97 Å². The Balaban J connectivity index is 1.49. The highest BCUT2D eigenvalue weighted by atomic mass is 32.2. The van der Waals surface area contributed by atoms with Crippen LogP contribution in [0.5, 0.6) is 5.75 Å². The highest BCUT2D eigenvalue weighted by Gasteiger charge is 2.32. The minimum Gasteiger partial charge on any atom is -0.489 e. The lowest BCUT2D eigenvalue weighted by Crippen LogP contribution is -2.28. The Bertz CT molecular complexity index is 1220. The van der Waals surface area contributed by atoms with E-state index < -0.39 is 5.97 Å². The summed E-state index contributed by atoms with van der Waals surface area (Å²) in [6.45, 7) is 2.83. The van der Waals surface area contributed by atoms with Crippen LogP contribution >= 0.6 is 11.8 Å². The molecule has 3 aromatic rings. The van der Waals surface area contributed by atoms with Crippen LogP contribution in [-0.2, 0) is 11.4 Å². The standard InChI is InChI=1S/C26H22N2O4S/c1-2-28-24(29)23(33-26(28)27-21-10-6-9-20(16-21)25(30)31)15-18-11-13-22(14-12-18)32-17-19-7-4-3-5-8-19/h3-16H,2,17H2,1H3,(H,30,31)/b23-15-,27-26?. The molecule has 7 heteroatoms. The summed E-state index contributed by atoms with van der Waals surface area (Å²) < 4.78 is 5.82. The van der Waals surface area contributed by atoms with Crippen LogP contribution in [0, 0.1) is 0 Å². The molecule has 0 aromatic heterocycles. The number of hydrogen-bond donors (Lipinski definition) is 1. The second-order valence-electron chi connectivity index (χ2n) is 7.25. The first-order chi connectivity index (χ1) is 16.0. The minimum atomic E-state index is -1.02. The van der Waals surface area contributed by atoms with E-state index in [1.54, 1.807) is 17.0 Å². The number of thioether (sulfide) groups is 1. The molecule has 1 N–H and O–H groups in total. The number of likely N-dealkylation sites (N-methyl/N-ethyl adjacent to an activating group) is 1. The molecule has 0 aliphatic carbocycles. The normalized spacial score (nSPS) is 15.9. The van der Waals surface area contributed by atoms with E-state index in [9.17, 15) is 14.7 Å². The predicted octanol–water partition coefficient (Wildman–Crippen LogP) is 5.59. The summed E-state index contributed by atoms with van der Waals surface area (Å²) in [4.78, 5) is 30.8. The van der Waals surface area contributed by atoms with Crippen molar-refractivity contribution in [2.75, 3.05) is 6.54 Å². The summed E-state index contributed by atoms with van der Waals surface area (Å²) in [5.41, 5.74) is 2.62. The highest BCUT2D eigenvalue weighted by Crippen LogP contribution is 2.34. The van der Waals surface area contributed by atoms with E-state index in [1.807, 2.05) is 67.6 Å². The fraction of sp³-hybridized carbons (Fsp3) is 0.115. The summed E-state index contributed by atoms with van der Waals surface area (Å²) in [6, 6.07) is 23.9. The van der Waals surface area contributed by atoms with Gasteiger partial charge < -0.3 is 9.84 Å². The van der Waals surface area contributed by atoms with Crippen molar-refractivity contribution in [3.63, 3.8) is 0 Å². The van der Waals surface area contributed by atoms with Gasteiger partial charge in [0, 0.05) is 6.54 Å². The number of benzene rings is 3. The number of carboxylic acid groups (broad SMARTS) is 1. The van der Waals surface area contributed by atoms with Gasteiger partial charge in [-0.15, -0.1) is 0 Å². The van der Waals surface area contributed by atoms with Gasteiger partial charge in [-0.25, -0.2) is 9.79 Å². The van der Waals surface area contributed by atoms with E-state index >= 15 is 0 Å². The lowest BCUT2D eigenvalue weighted by Gasteiger charge is -2.12. The molecular formula is C26H22N2O4S. The zero-order chi connectivity index (χ0) is 23.2. The molecule has 1 saturated heterocycles. The topological polar surface area (TPSA) is 79.2 Å². The number of aromatic carboxylic acids is 1. The van der Waals surface area contributed by atoms with Gasteiger partial charge in [0.15, 0.2) is 5.17 Å². The Labute approximate surface area is 196 Å². The molecule has 1 fully saturated rings. The van der Waals surface area contributed by atoms with Gasteiger partial charge in [-0.05, 0) is 66.2 Å². The Hall–Kier alpha value is -3.84. The molecule has 0 saturated carbocycles. The Morgan fingerprint density at radius 3 is 2.52 bits per heavy atom. The quantitative estimate of drug-likeness (QED) is 0.467. The zero-order valence-electron chi connectivity index (χ0n) is 18.0. The number of amides is 1. The molecular weight excluding hydrogens is 436 g/mol. The fourth-order valence-corrected chi connectivity index (χ4v) is 4.30. The van der Waals surface area contributed by atoms with Crippen molar-refractivity contribution in [1.29, 1.82) is 0 Å². The molecule has 4 rings (SSSR count). The first-order valence-electron chi connectivity index (χ1n) is 10.4. The Kier molecular flexibility index (Phi) is 6.90. The Morgan fingerprint density at radius 1 is 1.06 bits per heavy atom. The minimum absolute atomic E-state index is 0.125. The first kappa shape index (κ1) is 22.4. The van der Waals surface area contributed by atoms with Crippen LogP contribution in [0.4, 0.5) is 5.69 Å². The van der Waals surface area contributed by atoms with Crippen LogP contribution in [0.1, 0.15) is 28.4 Å². The number of carboxylic acids is 1. The maximum absolute atomic E-state index is 12.9. The molecule has 0 spiro atoms. The molecule has 3 aromatic carbocycles. The van der Waals surface area contributed by atoms with Crippen LogP contribution in [0.25, 0.3) is 6.08 Å². The lowest BCUT2D eigenvalue weighted by molar-refractivity contribution is -0.122. The molecule has 33 heavy (non-hydrogen) atoms. The molecule has 1 heterocycles. The Morgan fingerprint density at radius 2 is 1.82 bits per heavy atom. The van der Waals surface area contributed by atoms with Gasteiger partial charge in [-0.3, -0.25) is 9.69 Å². The predicted molar refractivity (Wildman–Crippen MR) is 131 cm³/mol. The average molecular weight is 459 g/mol. The maximum atomic E-state index is 12.9. The van der Waals surface area contributed by atoms with Gasteiger partial charge in [0.25, 0.3) is 5.91 Å². The number of hydrogen-bond acceptors (Lipinski definition) is 5. The number of ether oxygens (including phenoxy) is 1. The summed E-state index contributed by atoms with van der Waals surface area (Å²) in [5.74, 6) is -0.390. The van der Waals surface area contributed by atoms with Gasteiger partial charge in [0.1, 0.15) is 12.4 Å². The smallest absolute Gasteiger partial charge is 0.335 e. The summed E-state index contributed by atoms with van der Waals surface area (Å²) in [6.07, 6.45) is 1.83. The van der Waals surface area contributed by atoms with Crippen molar-refractivity contribution < 1.29 is 19.4 Å². The second-order valence-corrected chi connectivity index (χ2v) is 8.26. The van der Waals surface area contributed by atoms with Crippen molar-refractivity contribution in [2.24, 2.45) is 4.99 Å². The number of amidine groups is 1. The van der Waals surface area contributed by atoms with Crippen LogP contribution in [-0.4, -0.2) is 33.6 Å². The van der Waals surface area contributed by atoms with Crippen molar-refractivity contribution in [3.05, 3.63) is 100 Å². The van der Waals surface area contributed by atoms with Gasteiger partial charge in [0.2, 0.25) is 0 Å². The first-order valence-corrected chi connectivity index (χ1v) is 11.3. The van der Waals surface area contributed by atoms with Crippen molar-refractivity contribution in [3.8, 4) is 5.75 Å². The third kappa shape index (κ3) is 5.51. The molecule has 166 valence electrons. The van der Waals surface area contributed by atoms with E-state index in [-0.39, 0.29) is 11.5 Å². The van der Waals surface area contributed by atoms with Crippen LogP contribution < -0.4 is 4.74 Å². The molecule has 1 aliphatic heterocycles. The molecule has 6 nitrogen and oxygen atoms in total. The largest absolute Gasteiger partial charge is 0.489 e. The summed E-state index contributed by atoms with van der Waals surface area (Å²) >= 11 is 1.28. The molecule has 0 radical (unpaired) electrons. The SMILES string of the molecule is CCN1C(=O)/C(=C/c2ccc(OCc3ccccc3)cc2)SC1=Nc1cccc(C(=O)O)c1. The maximum Gasteiger partial charge on any atom is 0.335 e. The van der Waals surface area contributed by atoms with E-state index in [0.717, 1.165) is 16.9 Å². The molecule has 0 bridgehead atoms. The molecule has 0 unspecified atom stereocenters. The van der Waals surface area contributed by atoms with Crippen LogP contribution in [0.2, 0.25) is 0 Å². The summed E-state index contributed by atoms with van der Waals surface area (Å²) in [7, 11) is 0. The number of carbonyl (C=O) groups is 2.